The van der Waals surface area contributed by atoms with Crippen molar-refractivity contribution in [2.45, 2.75) is 63.9 Å². The van der Waals surface area contributed by atoms with Crippen molar-refractivity contribution in [3.63, 3.8) is 0 Å². The van der Waals surface area contributed by atoms with E-state index < -0.39 is 23.8 Å². The number of hydrogen-bond acceptors (Lipinski definition) is 4. The molecule has 182 valence electrons. The monoisotopic (exact) mass is 567 g/mol. The Bertz CT molecular complexity index is 1050. The Morgan fingerprint density at radius 1 is 1.09 bits per heavy atom. The van der Waals surface area contributed by atoms with Gasteiger partial charge in [0.15, 0.2) is 0 Å². The fraction of sp³-hybridized carbons (Fsp3) is 0.462. The molecule has 4 rings (SSSR count). The summed E-state index contributed by atoms with van der Waals surface area (Å²) < 4.78 is 12.7. The van der Waals surface area contributed by atoms with Crippen molar-refractivity contribution in [3.8, 4) is 0 Å². The number of esters is 1. The first-order valence-electron chi connectivity index (χ1n) is 11.4. The molecule has 2 aromatic carbocycles. The molecule has 0 N–H and O–H groups in total. The number of morpholine rings is 1. The highest BCUT2D eigenvalue weighted by atomic mass is 79.9. The molecule has 3 unspecified atom stereocenters. The molecule has 1 saturated carbocycles. The van der Waals surface area contributed by atoms with Crippen LogP contribution in [0.1, 0.15) is 63.3 Å². The first-order chi connectivity index (χ1) is 16.0. The van der Waals surface area contributed by atoms with E-state index in [2.05, 4.69) is 15.9 Å². The molecule has 5 nitrogen and oxygen atoms in total. The summed E-state index contributed by atoms with van der Waals surface area (Å²) in [6.07, 6.45) is 0.549. The van der Waals surface area contributed by atoms with Gasteiger partial charge >= 0.3 is 5.97 Å². The van der Waals surface area contributed by atoms with Gasteiger partial charge in [0.2, 0.25) is 0 Å². The third kappa shape index (κ3) is 6.34. The van der Waals surface area contributed by atoms with Crippen molar-refractivity contribution >= 4 is 51.0 Å². The molecule has 0 bridgehead atoms. The summed E-state index contributed by atoms with van der Waals surface area (Å²) in [5, 5.41) is 1.17. The number of benzene rings is 2. The lowest BCUT2D eigenvalue weighted by atomic mass is 9.91. The second kappa shape index (κ2) is 10.2. The van der Waals surface area contributed by atoms with Crippen LogP contribution in [-0.2, 0) is 19.1 Å². The summed E-state index contributed by atoms with van der Waals surface area (Å²) in [4.78, 5) is 28.2. The van der Waals surface area contributed by atoms with E-state index in [1.165, 1.54) is 0 Å². The summed E-state index contributed by atoms with van der Waals surface area (Å²) in [5.41, 5.74) is 1.09. The summed E-state index contributed by atoms with van der Waals surface area (Å²) in [6, 6.07) is 12.7. The van der Waals surface area contributed by atoms with Crippen LogP contribution in [0.15, 0.2) is 46.9 Å². The van der Waals surface area contributed by atoms with Crippen molar-refractivity contribution in [1.82, 2.24) is 4.90 Å². The van der Waals surface area contributed by atoms with E-state index >= 15 is 0 Å². The van der Waals surface area contributed by atoms with Gasteiger partial charge in [-0.2, -0.15) is 0 Å². The number of hydrogen-bond donors (Lipinski definition) is 0. The van der Waals surface area contributed by atoms with Crippen molar-refractivity contribution in [3.05, 3.63) is 68.1 Å². The summed E-state index contributed by atoms with van der Waals surface area (Å²) in [5.74, 6) is -0.214. The average molecular weight is 569 g/mol. The maximum atomic E-state index is 13.7. The lowest BCUT2D eigenvalue weighted by Crippen LogP contribution is -2.52. The Hall–Kier alpha value is -1.60. The highest BCUT2D eigenvalue weighted by Crippen LogP contribution is 2.46. The normalized spacial score (nSPS) is 23.2. The van der Waals surface area contributed by atoms with E-state index in [1.807, 2.05) is 41.3 Å². The fourth-order valence-electron chi connectivity index (χ4n) is 4.26. The van der Waals surface area contributed by atoms with Gasteiger partial charge in [0.05, 0.1) is 12.5 Å². The van der Waals surface area contributed by atoms with Gasteiger partial charge in [-0.3, -0.25) is 9.59 Å². The van der Waals surface area contributed by atoms with E-state index in [0.29, 0.717) is 22.5 Å². The number of halogens is 3. The molecule has 34 heavy (non-hydrogen) atoms. The third-order valence-electron chi connectivity index (χ3n) is 5.84. The van der Waals surface area contributed by atoms with Crippen LogP contribution in [0.4, 0.5) is 0 Å². The van der Waals surface area contributed by atoms with Crippen LogP contribution in [0.2, 0.25) is 10.0 Å². The smallest absolute Gasteiger partial charge is 0.309 e. The highest BCUT2D eigenvalue weighted by molar-refractivity contribution is 9.10. The van der Waals surface area contributed by atoms with Crippen molar-refractivity contribution in [2.75, 3.05) is 6.54 Å². The number of carbonyl (C=O) groups excluding carboxylic acids is 2. The SMILES string of the molecule is CC(C)(C)OC(=O)CC1OC(c2cc(Cl)cc(Br)c2)C(c2ccc(Cl)cc2)N(CC2CC2)C1=O. The second-order valence-electron chi connectivity index (χ2n) is 9.97. The Balaban J connectivity index is 1.74. The zero-order valence-corrected chi connectivity index (χ0v) is 22.5. The Morgan fingerprint density at radius 3 is 2.35 bits per heavy atom. The third-order valence-corrected chi connectivity index (χ3v) is 6.77. The quantitative estimate of drug-likeness (QED) is 0.355. The zero-order chi connectivity index (χ0) is 24.6. The standard InChI is InChI=1S/C26H28BrCl2NO4/c1-26(2,3)34-22(31)13-21-25(32)30(14-15-4-5-15)23(16-6-8-19(28)9-7-16)24(33-21)17-10-18(27)12-20(29)11-17/h6-12,15,21,23-24H,4-5,13-14H2,1-3H3. The number of rotatable bonds is 6. The van der Waals surface area contributed by atoms with Crippen LogP contribution in [0.25, 0.3) is 0 Å². The summed E-state index contributed by atoms with van der Waals surface area (Å²) >= 11 is 16.0. The molecular formula is C26H28BrCl2NO4. The molecule has 1 aliphatic heterocycles. The number of amides is 1. The van der Waals surface area contributed by atoms with Gasteiger partial charge < -0.3 is 14.4 Å². The van der Waals surface area contributed by atoms with Crippen LogP contribution >= 0.6 is 39.1 Å². The molecule has 0 aromatic heterocycles. The molecule has 8 heteroatoms. The minimum atomic E-state index is -0.945. The molecule has 1 saturated heterocycles. The minimum absolute atomic E-state index is 0.150. The van der Waals surface area contributed by atoms with E-state index in [9.17, 15) is 9.59 Å². The van der Waals surface area contributed by atoms with Gasteiger partial charge in [-0.25, -0.2) is 0 Å². The molecule has 2 fully saturated rings. The molecule has 1 heterocycles. The average Bonchev–Trinajstić information content (AvgIpc) is 3.54. The Labute approximate surface area is 218 Å². The molecular weight excluding hydrogens is 541 g/mol. The predicted octanol–water partition coefficient (Wildman–Crippen LogP) is 6.91. The number of nitrogens with zero attached hydrogens (tertiary/aromatic N) is 1. The van der Waals surface area contributed by atoms with Crippen molar-refractivity contribution in [2.24, 2.45) is 5.92 Å². The largest absolute Gasteiger partial charge is 0.460 e. The predicted molar refractivity (Wildman–Crippen MR) is 136 cm³/mol. The van der Waals surface area contributed by atoms with E-state index in [-0.39, 0.29) is 18.4 Å². The van der Waals surface area contributed by atoms with Gasteiger partial charge in [0, 0.05) is 21.1 Å². The van der Waals surface area contributed by atoms with Crippen molar-refractivity contribution in [1.29, 1.82) is 0 Å². The maximum Gasteiger partial charge on any atom is 0.309 e. The molecule has 0 radical (unpaired) electrons. The van der Waals surface area contributed by atoms with Crippen LogP contribution in [0, 0.1) is 5.92 Å². The topological polar surface area (TPSA) is 55.8 Å². The zero-order valence-electron chi connectivity index (χ0n) is 19.4. The summed E-state index contributed by atoms with van der Waals surface area (Å²) in [7, 11) is 0. The number of ether oxygens (including phenoxy) is 2. The Kier molecular flexibility index (Phi) is 7.63. The highest BCUT2D eigenvalue weighted by Gasteiger charge is 2.46. The van der Waals surface area contributed by atoms with Crippen LogP contribution in [-0.4, -0.2) is 35.0 Å². The lowest BCUT2D eigenvalue weighted by molar-refractivity contribution is -0.183. The molecule has 2 aromatic rings. The van der Waals surface area contributed by atoms with Crippen LogP contribution in [0.5, 0.6) is 0 Å². The van der Waals surface area contributed by atoms with Crippen LogP contribution in [0.3, 0.4) is 0 Å². The van der Waals surface area contributed by atoms with Crippen molar-refractivity contribution < 1.29 is 19.1 Å². The molecule has 0 spiro atoms. The Morgan fingerprint density at radius 2 is 1.76 bits per heavy atom. The molecule has 1 amide bonds. The van der Waals surface area contributed by atoms with E-state index in [4.69, 9.17) is 32.7 Å². The molecule has 3 atom stereocenters. The maximum absolute atomic E-state index is 13.7. The van der Waals surface area contributed by atoms with E-state index in [1.54, 1.807) is 26.8 Å². The molecule has 1 aliphatic carbocycles. The first kappa shape index (κ1) is 25.5. The fourth-order valence-corrected chi connectivity index (χ4v) is 5.27. The minimum Gasteiger partial charge on any atom is -0.460 e. The van der Waals surface area contributed by atoms with E-state index in [0.717, 1.165) is 28.4 Å². The van der Waals surface area contributed by atoms with Gasteiger partial charge in [0.1, 0.15) is 17.8 Å². The summed E-state index contributed by atoms with van der Waals surface area (Å²) in [6.45, 7) is 6.02. The lowest BCUT2D eigenvalue weighted by Gasteiger charge is -2.45. The first-order valence-corrected chi connectivity index (χ1v) is 12.9. The van der Waals surface area contributed by atoms with Crippen LogP contribution < -0.4 is 0 Å². The molecule has 2 aliphatic rings. The van der Waals surface area contributed by atoms with Gasteiger partial charge in [-0.05, 0) is 81.0 Å². The number of carbonyl (C=O) groups is 2. The van der Waals surface area contributed by atoms with Gasteiger partial charge in [-0.15, -0.1) is 0 Å². The van der Waals surface area contributed by atoms with Gasteiger partial charge in [0.25, 0.3) is 5.91 Å². The van der Waals surface area contributed by atoms with Gasteiger partial charge in [-0.1, -0.05) is 51.3 Å². The second-order valence-corrected chi connectivity index (χ2v) is 11.8.